The van der Waals surface area contributed by atoms with Crippen molar-refractivity contribution in [3.63, 3.8) is 0 Å². The molecule has 1 aliphatic carbocycles. The van der Waals surface area contributed by atoms with E-state index in [2.05, 4.69) is 14.7 Å². The molecule has 2 atom stereocenters. The second-order valence-electron chi connectivity index (χ2n) is 4.50. The van der Waals surface area contributed by atoms with Gasteiger partial charge in [0.1, 0.15) is 5.82 Å². The van der Waals surface area contributed by atoms with Crippen LogP contribution in [-0.2, 0) is 10.0 Å². The molecule has 1 aliphatic rings. The van der Waals surface area contributed by atoms with Crippen LogP contribution in [0.15, 0.2) is 11.2 Å². The molecule has 2 rings (SSSR count). The monoisotopic (exact) mass is 288 g/mol. The molecule has 2 unspecified atom stereocenters. The Labute approximate surface area is 111 Å². The van der Waals surface area contributed by atoms with Crippen LogP contribution in [0.1, 0.15) is 25.1 Å². The van der Waals surface area contributed by atoms with Crippen molar-refractivity contribution in [2.24, 2.45) is 11.7 Å². The van der Waals surface area contributed by atoms with Crippen molar-refractivity contribution in [1.82, 2.24) is 14.7 Å². The maximum absolute atomic E-state index is 12.1. The summed E-state index contributed by atoms with van der Waals surface area (Å²) in [6.07, 6.45) is 3.83. The summed E-state index contributed by atoms with van der Waals surface area (Å²) in [6.45, 7) is 1.70. The van der Waals surface area contributed by atoms with E-state index >= 15 is 0 Å². The van der Waals surface area contributed by atoms with Gasteiger partial charge in [-0.3, -0.25) is 0 Å². The normalized spacial score (nSPS) is 24.3. The van der Waals surface area contributed by atoms with Gasteiger partial charge in [0.05, 0.1) is 11.2 Å². The number of hydrogen-bond acceptors (Lipinski definition) is 4. The minimum Gasteiger partial charge on any atom is -0.393 e. The van der Waals surface area contributed by atoms with E-state index < -0.39 is 10.0 Å². The van der Waals surface area contributed by atoms with Crippen molar-refractivity contribution in [1.29, 1.82) is 0 Å². The molecule has 0 spiro atoms. The second-order valence-corrected chi connectivity index (χ2v) is 6.65. The van der Waals surface area contributed by atoms with Gasteiger partial charge in [-0.05, 0) is 19.8 Å². The molecular formula is C10H16N4O2S2. The fourth-order valence-corrected chi connectivity index (χ4v) is 3.80. The lowest BCUT2D eigenvalue weighted by Gasteiger charge is -2.19. The van der Waals surface area contributed by atoms with Crippen LogP contribution in [0.3, 0.4) is 0 Å². The van der Waals surface area contributed by atoms with Crippen LogP contribution in [0.2, 0.25) is 0 Å². The summed E-state index contributed by atoms with van der Waals surface area (Å²) in [5.41, 5.74) is 5.63. The van der Waals surface area contributed by atoms with E-state index in [1.807, 2.05) is 0 Å². The van der Waals surface area contributed by atoms with Crippen molar-refractivity contribution in [3.8, 4) is 0 Å². The first-order valence-electron chi connectivity index (χ1n) is 5.73. The number of nitrogens with zero attached hydrogens (tertiary/aromatic N) is 1. The fraction of sp³-hybridized carbons (Fsp3) is 0.600. The lowest BCUT2D eigenvalue weighted by molar-refractivity contribution is 0.523. The van der Waals surface area contributed by atoms with E-state index in [4.69, 9.17) is 18.0 Å². The van der Waals surface area contributed by atoms with E-state index in [1.165, 1.54) is 6.20 Å². The smallest absolute Gasteiger partial charge is 0.257 e. The Morgan fingerprint density at radius 2 is 2.33 bits per heavy atom. The number of hydrogen-bond donors (Lipinski definition) is 3. The van der Waals surface area contributed by atoms with Crippen LogP contribution in [0, 0.1) is 12.8 Å². The van der Waals surface area contributed by atoms with Gasteiger partial charge in [0, 0.05) is 12.0 Å². The molecule has 4 N–H and O–H groups in total. The number of aryl methyl sites for hydroxylation is 1. The average Bonchev–Trinajstić information content (AvgIpc) is 2.86. The zero-order chi connectivity index (χ0) is 13.3. The topological polar surface area (TPSA) is 101 Å². The van der Waals surface area contributed by atoms with Crippen molar-refractivity contribution >= 4 is 27.2 Å². The number of rotatable bonds is 4. The maximum Gasteiger partial charge on any atom is 0.257 e. The van der Waals surface area contributed by atoms with Gasteiger partial charge in [-0.1, -0.05) is 18.6 Å². The van der Waals surface area contributed by atoms with Gasteiger partial charge in [0.15, 0.2) is 5.03 Å². The molecule has 1 fully saturated rings. The molecule has 8 heteroatoms. The average molecular weight is 288 g/mol. The summed E-state index contributed by atoms with van der Waals surface area (Å²) < 4.78 is 26.9. The number of aromatic nitrogens is 2. The third kappa shape index (κ3) is 2.70. The molecule has 1 aromatic rings. The lowest BCUT2D eigenvalue weighted by atomic mass is 10.1. The van der Waals surface area contributed by atoms with Crippen molar-refractivity contribution in [3.05, 3.63) is 12.0 Å². The van der Waals surface area contributed by atoms with E-state index in [1.54, 1.807) is 6.92 Å². The summed E-state index contributed by atoms with van der Waals surface area (Å²) >= 11 is 4.97. The van der Waals surface area contributed by atoms with Gasteiger partial charge < -0.3 is 10.7 Å². The zero-order valence-electron chi connectivity index (χ0n) is 10.0. The predicted octanol–water partition coefficient (Wildman–Crippen LogP) is 0.451. The standard InChI is InChI=1S/C10H16N4O2S2/c1-6-12-5-9(13-6)18(15,16)14-8-4-2-3-7(8)10(11)17/h5,7-8,14H,2-4H2,1H3,(H2,11,17)(H,12,13). The molecule has 1 heterocycles. The van der Waals surface area contributed by atoms with Gasteiger partial charge in [-0.25, -0.2) is 18.1 Å². The highest BCUT2D eigenvalue weighted by Gasteiger charge is 2.33. The van der Waals surface area contributed by atoms with Crippen LogP contribution in [0.25, 0.3) is 0 Å². The minimum absolute atomic E-state index is 0.0567. The summed E-state index contributed by atoms with van der Waals surface area (Å²) in [6, 6.07) is -0.212. The molecule has 1 aromatic heterocycles. The molecule has 0 bridgehead atoms. The van der Waals surface area contributed by atoms with Crippen molar-refractivity contribution in [2.45, 2.75) is 37.3 Å². The first-order valence-corrected chi connectivity index (χ1v) is 7.62. The molecule has 0 aromatic carbocycles. The Morgan fingerprint density at radius 1 is 1.61 bits per heavy atom. The quantitative estimate of drug-likeness (QED) is 0.698. The fourth-order valence-electron chi connectivity index (χ4n) is 2.24. The van der Waals surface area contributed by atoms with Crippen LogP contribution in [0.4, 0.5) is 0 Å². The highest BCUT2D eigenvalue weighted by atomic mass is 32.2. The van der Waals surface area contributed by atoms with Gasteiger partial charge in [-0.2, -0.15) is 0 Å². The Bertz CT molecular complexity index is 552. The largest absolute Gasteiger partial charge is 0.393 e. The lowest BCUT2D eigenvalue weighted by Crippen LogP contribution is -2.41. The highest BCUT2D eigenvalue weighted by Crippen LogP contribution is 2.27. The molecule has 0 aliphatic heterocycles. The highest BCUT2D eigenvalue weighted by molar-refractivity contribution is 7.89. The molecule has 6 nitrogen and oxygen atoms in total. The molecule has 100 valence electrons. The predicted molar refractivity (Wildman–Crippen MR) is 71.6 cm³/mol. The van der Waals surface area contributed by atoms with E-state index in [0.717, 1.165) is 19.3 Å². The number of aromatic amines is 1. The first-order chi connectivity index (χ1) is 8.40. The number of H-pyrrole nitrogens is 1. The number of nitrogens with two attached hydrogens (primary N) is 1. The summed E-state index contributed by atoms with van der Waals surface area (Å²) in [5.74, 6) is 0.506. The second kappa shape index (κ2) is 4.94. The summed E-state index contributed by atoms with van der Waals surface area (Å²) in [4.78, 5) is 6.97. The van der Waals surface area contributed by atoms with Gasteiger partial charge >= 0.3 is 0 Å². The Kier molecular flexibility index (Phi) is 3.69. The molecule has 0 amide bonds. The van der Waals surface area contributed by atoms with E-state index in [0.29, 0.717) is 10.8 Å². The van der Waals surface area contributed by atoms with Gasteiger partial charge in [-0.15, -0.1) is 0 Å². The van der Waals surface area contributed by atoms with Crippen molar-refractivity contribution in [2.75, 3.05) is 0 Å². The third-order valence-electron chi connectivity index (χ3n) is 3.16. The summed E-state index contributed by atoms with van der Waals surface area (Å²) in [5, 5.41) is 0.0774. The molecule has 18 heavy (non-hydrogen) atoms. The maximum atomic E-state index is 12.1. The van der Waals surface area contributed by atoms with E-state index in [9.17, 15) is 8.42 Å². The van der Waals surface area contributed by atoms with Crippen LogP contribution in [-0.4, -0.2) is 29.4 Å². The van der Waals surface area contributed by atoms with Gasteiger partial charge in [0.2, 0.25) is 0 Å². The van der Waals surface area contributed by atoms with Crippen LogP contribution >= 0.6 is 12.2 Å². The Hall–Kier alpha value is -0.990. The first kappa shape index (κ1) is 13.4. The minimum atomic E-state index is -3.57. The van der Waals surface area contributed by atoms with Crippen LogP contribution < -0.4 is 10.5 Å². The van der Waals surface area contributed by atoms with Crippen LogP contribution in [0.5, 0.6) is 0 Å². The van der Waals surface area contributed by atoms with Crippen molar-refractivity contribution < 1.29 is 8.42 Å². The SMILES string of the molecule is Cc1ncc(S(=O)(=O)NC2CCCC2C(N)=S)[nH]1. The molecule has 0 saturated heterocycles. The molecule has 0 radical (unpaired) electrons. The Morgan fingerprint density at radius 3 is 2.89 bits per heavy atom. The molecular weight excluding hydrogens is 272 g/mol. The number of sulfonamides is 1. The summed E-state index contributed by atoms with van der Waals surface area (Å²) in [7, 11) is -3.57. The molecule has 1 saturated carbocycles. The number of thiocarbonyl (C=S) groups is 1. The zero-order valence-corrected chi connectivity index (χ0v) is 11.6. The third-order valence-corrected chi connectivity index (χ3v) is 4.86. The number of imidazole rings is 1. The number of nitrogens with one attached hydrogen (secondary N) is 2. The van der Waals surface area contributed by atoms with E-state index in [-0.39, 0.29) is 17.0 Å². The Balaban J connectivity index is 2.16. The van der Waals surface area contributed by atoms with Gasteiger partial charge in [0.25, 0.3) is 10.0 Å².